The molecule has 3 saturated heterocycles. The fourth-order valence-electron chi connectivity index (χ4n) is 4.06. The maximum atomic E-state index is 12.8. The van der Waals surface area contributed by atoms with E-state index < -0.39 is 5.97 Å². The van der Waals surface area contributed by atoms with Gasteiger partial charge in [0.05, 0.1) is 12.8 Å². The van der Waals surface area contributed by atoms with E-state index in [0.29, 0.717) is 16.5 Å². The van der Waals surface area contributed by atoms with Crippen LogP contribution in [0.2, 0.25) is 0 Å². The smallest absolute Gasteiger partial charge is 0.350 e. The molecule has 3 aliphatic heterocycles. The minimum atomic E-state index is -0.406. The third-order valence-electron chi connectivity index (χ3n) is 5.54. The molecule has 0 amide bonds. The molecule has 2 aromatic rings. The average molecular weight is 401 g/mol. The Morgan fingerprint density at radius 2 is 1.93 bits per heavy atom. The second-order valence-corrected chi connectivity index (χ2v) is 8.13. The van der Waals surface area contributed by atoms with E-state index in [4.69, 9.17) is 9.47 Å². The van der Waals surface area contributed by atoms with Gasteiger partial charge in [0.2, 0.25) is 0 Å². The van der Waals surface area contributed by atoms with E-state index in [0.717, 1.165) is 38.2 Å². The van der Waals surface area contributed by atoms with Gasteiger partial charge >= 0.3 is 11.9 Å². The Morgan fingerprint density at radius 3 is 2.57 bits per heavy atom. The van der Waals surface area contributed by atoms with E-state index in [9.17, 15) is 9.59 Å². The molecule has 7 heteroatoms. The number of hydrogen-bond acceptors (Lipinski definition) is 7. The van der Waals surface area contributed by atoms with Gasteiger partial charge in [-0.3, -0.25) is 9.69 Å². The van der Waals surface area contributed by atoms with Crippen LogP contribution < -0.4 is 4.90 Å². The normalized spacial score (nSPS) is 23.2. The number of piperidine rings is 3. The zero-order valence-corrected chi connectivity index (χ0v) is 16.7. The van der Waals surface area contributed by atoms with Gasteiger partial charge in [-0.25, -0.2) is 4.79 Å². The summed E-state index contributed by atoms with van der Waals surface area (Å²) in [6.07, 6.45) is 2.16. The van der Waals surface area contributed by atoms with Crippen molar-refractivity contribution in [3.63, 3.8) is 0 Å². The van der Waals surface area contributed by atoms with Crippen molar-refractivity contribution >= 4 is 34.7 Å². The second kappa shape index (κ2) is 8.32. The summed E-state index contributed by atoms with van der Waals surface area (Å²) >= 11 is 1.30. The molecule has 3 aliphatic rings. The standard InChI is InChI=1S/C21H24N2O4S/c1-26-21(25)20-17(9-12-28-20)23(16-5-3-2-4-6-16)14-19(24)27-18-13-22-10-7-15(18)8-11-22/h2-6,9,12,15,18H,7-8,10-11,13-14H2,1H3/t18-/m0/s1. The molecule has 2 bridgehead atoms. The summed E-state index contributed by atoms with van der Waals surface area (Å²) in [5.41, 5.74) is 1.49. The number of hydrogen-bond donors (Lipinski definition) is 0. The van der Waals surface area contributed by atoms with Gasteiger partial charge in [0.1, 0.15) is 17.5 Å². The molecule has 28 heavy (non-hydrogen) atoms. The Morgan fingerprint density at radius 1 is 1.18 bits per heavy atom. The Labute approximate surface area is 168 Å². The Balaban J connectivity index is 1.54. The van der Waals surface area contributed by atoms with Crippen LogP contribution >= 0.6 is 11.3 Å². The first kappa shape index (κ1) is 19.0. The lowest BCUT2D eigenvalue weighted by molar-refractivity contribution is -0.156. The summed E-state index contributed by atoms with van der Waals surface area (Å²) in [7, 11) is 1.36. The van der Waals surface area contributed by atoms with Crippen LogP contribution in [0, 0.1) is 5.92 Å². The zero-order valence-electron chi connectivity index (χ0n) is 15.9. The van der Waals surface area contributed by atoms with Gasteiger partial charge in [0.15, 0.2) is 0 Å². The van der Waals surface area contributed by atoms with Crippen LogP contribution in [0.1, 0.15) is 22.5 Å². The van der Waals surface area contributed by atoms with E-state index in [2.05, 4.69) is 4.90 Å². The highest BCUT2D eigenvalue weighted by molar-refractivity contribution is 7.12. The van der Waals surface area contributed by atoms with Crippen molar-refractivity contribution in [1.29, 1.82) is 0 Å². The number of esters is 2. The van der Waals surface area contributed by atoms with E-state index in [1.165, 1.54) is 18.4 Å². The van der Waals surface area contributed by atoms with Crippen molar-refractivity contribution in [2.45, 2.75) is 18.9 Å². The SMILES string of the molecule is COC(=O)c1sccc1N(CC(=O)O[C@H]1CN2CCC1CC2)c1ccccc1. The van der Waals surface area contributed by atoms with Gasteiger partial charge in [-0.05, 0) is 55.4 Å². The molecule has 0 radical (unpaired) electrons. The van der Waals surface area contributed by atoms with Crippen molar-refractivity contribution in [3.8, 4) is 0 Å². The number of carbonyl (C=O) groups excluding carboxylic acids is 2. The largest absolute Gasteiger partial charge is 0.465 e. The molecule has 6 nitrogen and oxygen atoms in total. The van der Waals surface area contributed by atoms with Crippen LogP contribution in [0.4, 0.5) is 11.4 Å². The number of para-hydroxylation sites is 1. The molecule has 0 saturated carbocycles. The van der Waals surface area contributed by atoms with Crippen LogP contribution in [-0.2, 0) is 14.3 Å². The van der Waals surface area contributed by atoms with Crippen molar-refractivity contribution in [3.05, 3.63) is 46.7 Å². The first-order valence-electron chi connectivity index (χ1n) is 9.56. The van der Waals surface area contributed by atoms with Gasteiger partial charge in [0, 0.05) is 12.2 Å². The summed E-state index contributed by atoms with van der Waals surface area (Å²) < 4.78 is 10.8. The minimum absolute atomic E-state index is 0.0322. The molecular formula is C21H24N2O4S. The monoisotopic (exact) mass is 400 g/mol. The van der Waals surface area contributed by atoms with Crippen LogP contribution in [-0.4, -0.2) is 56.2 Å². The first-order chi connectivity index (χ1) is 13.7. The molecule has 1 aromatic carbocycles. The lowest BCUT2D eigenvalue weighted by Gasteiger charge is -2.44. The second-order valence-electron chi connectivity index (χ2n) is 7.21. The summed E-state index contributed by atoms with van der Waals surface area (Å²) in [5.74, 6) is -0.216. The molecule has 3 fully saturated rings. The minimum Gasteiger partial charge on any atom is -0.465 e. The molecule has 0 unspecified atom stereocenters. The number of methoxy groups -OCH3 is 1. The van der Waals surface area contributed by atoms with Crippen molar-refractivity contribution in [1.82, 2.24) is 4.90 Å². The number of benzene rings is 1. The average Bonchev–Trinajstić information content (AvgIpc) is 3.22. The number of ether oxygens (including phenoxy) is 2. The van der Waals surface area contributed by atoms with E-state index in [-0.39, 0.29) is 18.6 Å². The lowest BCUT2D eigenvalue weighted by Crippen LogP contribution is -2.52. The van der Waals surface area contributed by atoms with E-state index >= 15 is 0 Å². The van der Waals surface area contributed by atoms with Crippen LogP contribution in [0.25, 0.3) is 0 Å². The first-order valence-corrected chi connectivity index (χ1v) is 10.4. The molecule has 5 rings (SSSR count). The van der Waals surface area contributed by atoms with Crippen molar-refractivity contribution in [2.24, 2.45) is 5.92 Å². The number of rotatable bonds is 6. The molecule has 0 N–H and O–H groups in total. The van der Waals surface area contributed by atoms with Crippen molar-refractivity contribution in [2.75, 3.05) is 38.2 Å². The van der Waals surface area contributed by atoms with Crippen LogP contribution in [0.3, 0.4) is 0 Å². The van der Waals surface area contributed by atoms with Gasteiger partial charge in [-0.1, -0.05) is 18.2 Å². The maximum absolute atomic E-state index is 12.8. The molecule has 1 atom stereocenters. The maximum Gasteiger partial charge on any atom is 0.350 e. The highest BCUT2D eigenvalue weighted by Gasteiger charge is 2.36. The zero-order chi connectivity index (χ0) is 19.5. The quantitative estimate of drug-likeness (QED) is 0.694. The van der Waals surface area contributed by atoms with Crippen molar-refractivity contribution < 1.29 is 19.1 Å². The van der Waals surface area contributed by atoms with Gasteiger partial charge < -0.3 is 14.4 Å². The van der Waals surface area contributed by atoms with Crippen LogP contribution in [0.5, 0.6) is 0 Å². The third-order valence-corrected chi connectivity index (χ3v) is 6.42. The predicted molar refractivity (Wildman–Crippen MR) is 108 cm³/mol. The van der Waals surface area contributed by atoms with E-state index in [1.807, 2.05) is 46.7 Å². The molecular weight excluding hydrogens is 376 g/mol. The fourth-order valence-corrected chi connectivity index (χ4v) is 4.88. The van der Waals surface area contributed by atoms with Gasteiger partial charge in [0.25, 0.3) is 0 Å². The fraction of sp³-hybridized carbons (Fsp3) is 0.429. The molecule has 0 spiro atoms. The number of fused-ring (bicyclic) bond motifs is 3. The molecule has 148 valence electrons. The number of carbonyl (C=O) groups is 2. The molecule has 0 aliphatic carbocycles. The summed E-state index contributed by atoms with van der Waals surface area (Å²) in [6, 6.07) is 11.4. The highest BCUT2D eigenvalue weighted by atomic mass is 32.1. The van der Waals surface area contributed by atoms with Gasteiger partial charge in [-0.15, -0.1) is 11.3 Å². The predicted octanol–water partition coefficient (Wildman–Crippen LogP) is 3.31. The lowest BCUT2D eigenvalue weighted by atomic mass is 9.86. The number of anilines is 2. The summed E-state index contributed by atoms with van der Waals surface area (Å²) in [4.78, 5) is 29.6. The Bertz CT molecular complexity index is 830. The number of thiophene rings is 1. The topological polar surface area (TPSA) is 59.1 Å². The van der Waals surface area contributed by atoms with Gasteiger partial charge in [-0.2, -0.15) is 0 Å². The molecule has 1 aromatic heterocycles. The molecule has 4 heterocycles. The Hall–Kier alpha value is -2.38. The summed E-state index contributed by atoms with van der Waals surface area (Å²) in [6.45, 7) is 3.08. The third kappa shape index (κ3) is 3.91. The number of nitrogens with zero attached hydrogens (tertiary/aromatic N) is 2. The van der Waals surface area contributed by atoms with Crippen LogP contribution in [0.15, 0.2) is 41.8 Å². The highest BCUT2D eigenvalue weighted by Crippen LogP contribution is 2.33. The van der Waals surface area contributed by atoms with E-state index in [1.54, 1.807) is 0 Å². The Kier molecular flexibility index (Phi) is 5.64. The summed E-state index contributed by atoms with van der Waals surface area (Å²) in [5, 5.41) is 1.83.